The zero-order valence-corrected chi connectivity index (χ0v) is 8.36. The van der Waals surface area contributed by atoms with Crippen LogP contribution in [0.15, 0.2) is 33.7 Å². The van der Waals surface area contributed by atoms with E-state index in [0.29, 0.717) is 13.0 Å². The van der Waals surface area contributed by atoms with Crippen LogP contribution in [0.5, 0.6) is 0 Å². The second-order valence-corrected chi connectivity index (χ2v) is 3.12. The van der Waals surface area contributed by atoms with Gasteiger partial charge in [-0.3, -0.25) is 4.79 Å². The zero-order valence-electron chi connectivity index (χ0n) is 8.36. The molecule has 0 saturated carbocycles. The summed E-state index contributed by atoms with van der Waals surface area (Å²) in [5.41, 5.74) is 7.44. The molecule has 1 aliphatic rings. The lowest BCUT2D eigenvalue weighted by atomic mass is 9.95. The number of carbonyl (C=O) groups is 1. The molecular weight excluding hydrogens is 196 g/mol. The minimum atomic E-state index is -0.378. The molecule has 6 heteroatoms. The van der Waals surface area contributed by atoms with Crippen molar-refractivity contribution < 1.29 is 4.79 Å². The maximum absolute atomic E-state index is 11.3. The van der Waals surface area contributed by atoms with Gasteiger partial charge in [-0.2, -0.15) is 5.11 Å². The predicted octanol–water partition coefficient (Wildman–Crippen LogP) is 1.15. The van der Waals surface area contributed by atoms with Crippen LogP contribution in [0.1, 0.15) is 6.42 Å². The van der Waals surface area contributed by atoms with Crippen molar-refractivity contribution in [2.75, 3.05) is 13.6 Å². The summed E-state index contributed by atoms with van der Waals surface area (Å²) in [5, 5.41) is 8.83. The summed E-state index contributed by atoms with van der Waals surface area (Å²) < 4.78 is 0. The Morgan fingerprint density at radius 3 is 2.87 bits per heavy atom. The summed E-state index contributed by atoms with van der Waals surface area (Å²) in [5.74, 6) is -0.378. The molecule has 15 heavy (non-hydrogen) atoms. The van der Waals surface area contributed by atoms with E-state index in [1.54, 1.807) is 7.05 Å². The lowest BCUT2D eigenvalue weighted by Gasteiger charge is -2.19. The molecule has 0 spiro atoms. The number of hydrogen-bond acceptors (Lipinski definition) is 6. The van der Waals surface area contributed by atoms with Gasteiger partial charge in [0.2, 0.25) is 5.78 Å². The molecule has 1 aliphatic carbocycles. The van der Waals surface area contributed by atoms with E-state index in [2.05, 4.69) is 15.6 Å². The Morgan fingerprint density at radius 1 is 1.60 bits per heavy atom. The van der Waals surface area contributed by atoms with Crippen molar-refractivity contribution >= 4 is 5.78 Å². The molecule has 0 radical (unpaired) electrons. The van der Waals surface area contributed by atoms with Crippen LogP contribution in [0.3, 0.4) is 0 Å². The zero-order chi connectivity index (χ0) is 11.3. The average Bonchev–Trinajstić information content (AvgIpc) is 2.26. The molecule has 0 heterocycles. The maximum atomic E-state index is 11.3. The smallest absolute Gasteiger partial charge is 0.207 e. The number of nitrogens with one attached hydrogen (secondary N) is 2. The number of rotatable bonds is 5. The van der Waals surface area contributed by atoms with E-state index in [1.807, 2.05) is 0 Å². The van der Waals surface area contributed by atoms with Crippen LogP contribution in [-0.4, -0.2) is 25.4 Å². The third-order valence-corrected chi connectivity index (χ3v) is 2.21. The number of carbonyl (C=O) groups excluding carboxylic acids is 1. The van der Waals surface area contributed by atoms with Gasteiger partial charge in [0.1, 0.15) is 0 Å². The van der Waals surface area contributed by atoms with Crippen LogP contribution in [0.25, 0.3) is 0 Å². The van der Waals surface area contributed by atoms with Crippen LogP contribution in [0.4, 0.5) is 0 Å². The Labute approximate surface area is 86.9 Å². The van der Waals surface area contributed by atoms with Crippen molar-refractivity contribution in [2.24, 2.45) is 10.3 Å². The van der Waals surface area contributed by atoms with E-state index in [0.717, 1.165) is 5.57 Å². The standard InChI is InChI=1S/C9H12N4O2/c1-11-7-5-8(13-15)9(14)4-6(7)2-3-12-10/h4-5,7,10-11H,2-3H2,1H3. The summed E-state index contributed by atoms with van der Waals surface area (Å²) in [4.78, 5) is 21.6. The number of ketones is 1. The first kappa shape index (κ1) is 11.4. The lowest BCUT2D eigenvalue weighted by molar-refractivity contribution is -0.111. The van der Waals surface area contributed by atoms with Crippen LogP contribution in [0.2, 0.25) is 0 Å². The van der Waals surface area contributed by atoms with Crippen molar-refractivity contribution in [3.8, 4) is 0 Å². The highest BCUT2D eigenvalue weighted by Crippen LogP contribution is 2.18. The minimum absolute atomic E-state index is 0.0686. The highest BCUT2D eigenvalue weighted by molar-refractivity contribution is 6.05. The fourth-order valence-electron chi connectivity index (χ4n) is 1.44. The molecule has 0 aliphatic heterocycles. The summed E-state index contributed by atoms with van der Waals surface area (Å²) in [7, 11) is 1.73. The molecule has 0 aromatic heterocycles. The third-order valence-electron chi connectivity index (χ3n) is 2.21. The van der Waals surface area contributed by atoms with Gasteiger partial charge in [0.25, 0.3) is 0 Å². The molecule has 80 valence electrons. The van der Waals surface area contributed by atoms with Crippen molar-refractivity contribution in [1.29, 1.82) is 5.53 Å². The summed E-state index contributed by atoms with van der Waals surface area (Å²) >= 11 is 0. The molecule has 0 bridgehead atoms. The maximum Gasteiger partial charge on any atom is 0.207 e. The van der Waals surface area contributed by atoms with Gasteiger partial charge in [-0.1, -0.05) is 0 Å². The van der Waals surface area contributed by atoms with Gasteiger partial charge in [-0.25, -0.2) is 5.53 Å². The fourth-order valence-corrected chi connectivity index (χ4v) is 1.44. The Bertz CT molecular complexity index is 346. The number of likely N-dealkylation sites (N-methyl/N-ethyl adjacent to an activating group) is 1. The second-order valence-electron chi connectivity index (χ2n) is 3.12. The lowest BCUT2D eigenvalue weighted by Crippen LogP contribution is -2.29. The predicted molar refractivity (Wildman–Crippen MR) is 54.4 cm³/mol. The SMILES string of the molecule is CNC1C=C(N=O)C(=O)C=C1CCN=N. The Kier molecular flexibility index (Phi) is 3.99. The number of allylic oxidation sites excluding steroid dienone is 1. The normalized spacial score (nSPS) is 20.6. The average molecular weight is 208 g/mol. The van der Waals surface area contributed by atoms with E-state index < -0.39 is 0 Å². The topological polar surface area (TPSA) is 94.7 Å². The highest BCUT2D eigenvalue weighted by atomic mass is 16.3. The molecule has 0 saturated heterocycles. The van der Waals surface area contributed by atoms with Crippen LogP contribution in [0, 0.1) is 10.4 Å². The molecule has 0 aromatic rings. The Balaban J connectivity index is 2.84. The molecule has 1 rings (SSSR count). The third kappa shape index (κ3) is 2.63. The van der Waals surface area contributed by atoms with E-state index >= 15 is 0 Å². The van der Waals surface area contributed by atoms with Gasteiger partial charge in [0.15, 0.2) is 5.70 Å². The Morgan fingerprint density at radius 2 is 2.33 bits per heavy atom. The first-order valence-corrected chi connectivity index (χ1v) is 4.53. The van der Waals surface area contributed by atoms with E-state index in [-0.39, 0.29) is 17.5 Å². The number of hydrogen-bond donors (Lipinski definition) is 2. The second kappa shape index (κ2) is 5.26. The number of nitroso groups, excluding NO2 is 1. The van der Waals surface area contributed by atoms with Crippen LogP contribution >= 0.6 is 0 Å². The monoisotopic (exact) mass is 208 g/mol. The molecule has 2 N–H and O–H groups in total. The van der Waals surface area contributed by atoms with Gasteiger partial charge >= 0.3 is 0 Å². The summed E-state index contributed by atoms with van der Waals surface area (Å²) in [6, 6.07) is -0.169. The Hall–Kier alpha value is -1.69. The minimum Gasteiger partial charge on any atom is -0.310 e. The van der Waals surface area contributed by atoms with Crippen molar-refractivity contribution in [3.63, 3.8) is 0 Å². The molecule has 0 amide bonds. The van der Waals surface area contributed by atoms with Gasteiger partial charge in [-0.15, -0.1) is 4.91 Å². The van der Waals surface area contributed by atoms with Crippen LogP contribution < -0.4 is 5.32 Å². The molecule has 0 aromatic carbocycles. The fraction of sp³-hybridized carbons (Fsp3) is 0.444. The molecule has 1 atom stereocenters. The quantitative estimate of drug-likeness (QED) is 0.524. The molecule has 0 fully saturated rings. The van der Waals surface area contributed by atoms with Crippen molar-refractivity contribution in [1.82, 2.24) is 5.32 Å². The molecular formula is C9H12N4O2. The van der Waals surface area contributed by atoms with E-state index in [1.165, 1.54) is 12.2 Å². The molecule has 1 unspecified atom stereocenters. The van der Waals surface area contributed by atoms with E-state index in [4.69, 9.17) is 5.53 Å². The van der Waals surface area contributed by atoms with Gasteiger partial charge in [0.05, 0.1) is 6.54 Å². The molecule has 6 nitrogen and oxygen atoms in total. The van der Waals surface area contributed by atoms with E-state index in [9.17, 15) is 9.70 Å². The van der Waals surface area contributed by atoms with Crippen molar-refractivity contribution in [3.05, 3.63) is 28.3 Å². The summed E-state index contributed by atoms with van der Waals surface area (Å²) in [6.45, 7) is 0.342. The first-order valence-electron chi connectivity index (χ1n) is 4.53. The van der Waals surface area contributed by atoms with Crippen LogP contribution in [-0.2, 0) is 4.79 Å². The van der Waals surface area contributed by atoms with Gasteiger partial charge in [0, 0.05) is 6.04 Å². The largest absolute Gasteiger partial charge is 0.310 e. The van der Waals surface area contributed by atoms with Gasteiger partial charge < -0.3 is 5.32 Å². The van der Waals surface area contributed by atoms with Crippen molar-refractivity contribution in [2.45, 2.75) is 12.5 Å². The first-order chi connectivity index (χ1) is 7.22. The summed E-state index contributed by atoms with van der Waals surface area (Å²) in [6.07, 6.45) is 3.42. The van der Waals surface area contributed by atoms with Gasteiger partial charge in [-0.05, 0) is 36.4 Å². The highest BCUT2D eigenvalue weighted by Gasteiger charge is 2.21. The number of nitrogens with zero attached hydrogens (tertiary/aromatic N) is 2.